The fraction of sp³-hybridized carbons (Fsp3) is 0.310. The number of benzene rings is 3. The molecule has 0 aliphatic carbocycles. The van der Waals surface area contributed by atoms with Crippen LogP contribution in [0.3, 0.4) is 0 Å². The summed E-state index contributed by atoms with van der Waals surface area (Å²) in [6, 6.07) is 22.8. The van der Waals surface area contributed by atoms with Crippen molar-refractivity contribution in [2.45, 2.75) is 46.2 Å². The Morgan fingerprint density at radius 3 is 2.29 bits per heavy atom. The minimum Gasteiger partial charge on any atom is -0.484 e. The number of carbonyl (C=O) groups excluding carboxylic acids is 2. The van der Waals surface area contributed by atoms with Crippen molar-refractivity contribution in [1.82, 2.24) is 10.2 Å². The fourth-order valence-corrected chi connectivity index (χ4v) is 4.44. The molecule has 2 amide bonds. The number of halogens is 1. The average Bonchev–Trinajstić information content (AvgIpc) is 2.83. The van der Waals surface area contributed by atoms with Gasteiger partial charge in [0.1, 0.15) is 11.8 Å². The van der Waals surface area contributed by atoms with Crippen molar-refractivity contribution in [1.29, 1.82) is 0 Å². The number of amides is 2. The summed E-state index contributed by atoms with van der Waals surface area (Å²) in [5.41, 5.74) is 4.06. The molecule has 35 heavy (non-hydrogen) atoms. The van der Waals surface area contributed by atoms with Crippen molar-refractivity contribution in [2.24, 2.45) is 0 Å². The average molecular weight is 537 g/mol. The number of aryl methyl sites for hydroxylation is 2. The molecule has 0 spiro atoms. The first-order valence-electron chi connectivity index (χ1n) is 11.9. The summed E-state index contributed by atoms with van der Waals surface area (Å²) >= 11 is 3.51. The molecule has 5 nitrogen and oxygen atoms in total. The van der Waals surface area contributed by atoms with Crippen LogP contribution in [0.4, 0.5) is 0 Å². The van der Waals surface area contributed by atoms with Crippen LogP contribution in [0.25, 0.3) is 0 Å². The first kappa shape index (κ1) is 26.5. The molecule has 1 N–H and O–H groups in total. The van der Waals surface area contributed by atoms with Crippen LogP contribution in [0.2, 0.25) is 0 Å². The molecular formula is C29H33BrN2O3. The second-order valence-electron chi connectivity index (χ2n) is 8.76. The third-order valence-corrected chi connectivity index (χ3v) is 6.11. The Hall–Kier alpha value is -3.12. The maximum Gasteiger partial charge on any atom is 0.261 e. The van der Waals surface area contributed by atoms with Gasteiger partial charge in [0.2, 0.25) is 5.91 Å². The van der Waals surface area contributed by atoms with Gasteiger partial charge in [-0.15, -0.1) is 0 Å². The monoisotopic (exact) mass is 536 g/mol. The van der Waals surface area contributed by atoms with Crippen LogP contribution >= 0.6 is 15.9 Å². The molecule has 184 valence electrons. The number of nitrogens with zero attached hydrogens (tertiary/aromatic N) is 1. The van der Waals surface area contributed by atoms with E-state index in [-0.39, 0.29) is 18.4 Å². The second kappa shape index (κ2) is 13.1. The lowest BCUT2D eigenvalue weighted by Gasteiger charge is -2.31. The SMILES string of the molecule is CCCNC(=O)[C@H](Cc1ccccc1)N(Cc1cccc(Br)c1)C(=O)COc1cc(C)cc(C)c1. The van der Waals surface area contributed by atoms with E-state index in [1.165, 1.54) is 0 Å². The molecule has 0 radical (unpaired) electrons. The molecule has 0 aliphatic heterocycles. The lowest BCUT2D eigenvalue weighted by Crippen LogP contribution is -2.51. The minimum atomic E-state index is -0.668. The van der Waals surface area contributed by atoms with E-state index in [1.54, 1.807) is 4.90 Å². The largest absolute Gasteiger partial charge is 0.484 e. The molecule has 3 rings (SSSR count). The first-order chi connectivity index (χ1) is 16.9. The fourth-order valence-electron chi connectivity index (χ4n) is 4.00. The third-order valence-electron chi connectivity index (χ3n) is 5.62. The summed E-state index contributed by atoms with van der Waals surface area (Å²) in [5, 5.41) is 2.99. The van der Waals surface area contributed by atoms with Gasteiger partial charge in [-0.25, -0.2) is 0 Å². The van der Waals surface area contributed by atoms with Gasteiger partial charge >= 0.3 is 0 Å². The minimum absolute atomic E-state index is 0.150. The highest BCUT2D eigenvalue weighted by atomic mass is 79.9. The molecule has 0 bridgehead atoms. The number of nitrogens with one attached hydrogen (secondary N) is 1. The van der Waals surface area contributed by atoms with Crippen molar-refractivity contribution in [3.63, 3.8) is 0 Å². The smallest absolute Gasteiger partial charge is 0.261 e. The third kappa shape index (κ3) is 8.25. The van der Waals surface area contributed by atoms with Gasteiger partial charge in [0.15, 0.2) is 6.61 Å². The molecular weight excluding hydrogens is 504 g/mol. The summed E-state index contributed by atoms with van der Waals surface area (Å²) in [5.74, 6) is 0.246. The number of carbonyl (C=O) groups is 2. The van der Waals surface area contributed by atoms with Gasteiger partial charge in [0, 0.05) is 24.0 Å². The van der Waals surface area contributed by atoms with Crippen molar-refractivity contribution < 1.29 is 14.3 Å². The Kier molecular flexibility index (Phi) is 9.91. The van der Waals surface area contributed by atoms with Gasteiger partial charge in [-0.3, -0.25) is 9.59 Å². The summed E-state index contributed by atoms with van der Waals surface area (Å²) in [4.78, 5) is 28.6. The highest BCUT2D eigenvalue weighted by Gasteiger charge is 2.30. The predicted molar refractivity (Wildman–Crippen MR) is 143 cm³/mol. The lowest BCUT2D eigenvalue weighted by molar-refractivity contribution is -0.142. The van der Waals surface area contributed by atoms with Crippen LogP contribution in [0, 0.1) is 13.8 Å². The maximum absolute atomic E-state index is 13.6. The zero-order valence-corrected chi connectivity index (χ0v) is 22.2. The van der Waals surface area contributed by atoms with Crippen LogP contribution in [-0.4, -0.2) is 35.9 Å². The molecule has 0 saturated carbocycles. The molecule has 3 aromatic rings. The molecule has 3 aromatic carbocycles. The topological polar surface area (TPSA) is 58.6 Å². The van der Waals surface area contributed by atoms with Crippen molar-refractivity contribution >= 4 is 27.7 Å². The van der Waals surface area contributed by atoms with Crippen LogP contribution in [0.15, 0.2) is 77.3 Å². The van der Waals surface area contributed by atoms with E-state index in [1.807, 2.05) is 87.5 Å². The number of ether oxygens (including phenoxy) is 1. The van der Waals surface area contributed by atoms with E-state index in [2.05, 4.69) is 27.3 Å². The van der Waals surface area contributed by atoms with Gasteiger partial charge in [-0.05, 0) is 66.8 Å². The Balaban J connectivity index is 1.90. The highest BCUT2D eigenvalue weighted by molar-refractivity contribution is 9.10. The molecule has 1 atom stereocenters. The molecule has 0 aliphatic rings. The maximum atomic E-state index is 13.6. The van der Waals surface area contributed by atoms with E-state index in [0.717, 1.165) is 33.1 Å². The number of hydrogen-bond donors (Lipinski definition) is 1. The standard InChI is InChI=1S/C29H33BrN2O3/c1-4-13-31-29(34)27(18-23-9-6-5-7-10-23)32(19-24-11-8-12-25(30)17-24)28(33)20-35-26-15-21(2)14-22(3)16-26/h5-12,14-17,27H,4,13,18-20H2,1-3H3,(H,31,34)/t27-/m0/s1. The zero-order chi connectivity index (χ0) is 25.2. The Morgan fingerprint density at radius 2 is 1.63 bits per heavy atom. The molecule has 0 aromatic heterocycles. The van der Waals surface area contributed by atoms with Crippen LogP contribution in [-0.2, 0) is 22.6 Å². The predicted octanol–water partition coefficient (Wildman–Crippen LogP) is 5.61. The summed E-state index contributed by atoms with van der Waals surface area (Å²) in [7, 11) is 0. The quantitative estimate of drug-likeness (QED) is 0.346. The van der Waals surface area contributed by atoms with Gasteiger partial charge in [0.25, 0.3) is 5.91 Å². The van der Waals surface area contributed by atoms with Crippen molar-refractivity contribution in [3.8, 4) is 5.75 Å². The van der Waals surface area contributed by atoms with Crippen molar-refractivity contribution in [2.75, 3.05) is 13.2 Å². The molecule has 0 unspecified atom stereocenters. The van der Waals surface area contributed by atoms with E-state index >= 15 is 0 Å². The zero-order valence-electron chi connectivity index (χ0n) is 20.6. The first-order valence-corrected chi connectivity index (χ1v) is 12.7. The normalized spacial score (nSPS) is 11.5. The molecule has 0 fully saturated rings. The second-order valence-corrected chi connectivity index (χ2v) is 9.68. The van der Waals surface area contributed by atoms with Crippen LogP contribution in [0.5, 0.6) is 5.75 Å². The van der Waals surface area contributed by atoms with Gasteiger partial charge in [0.05, 0.1) is 0 Å². The van der Waals surface area contributed by atoms with Crippen molar-refractivity contribution in [3.05, 3.63) is 99.5 Å². The van der Waals surface area contributed by atoms with Crippen LogP contribution < -0.4 is 10.1 Å². The Morgan fingerprint density at radius 1 is 0.943 bits per heavy atom. The highest BCUT2D eigenvalue weighted by Crippen LogP contribution is 2.20. The summed E-state index contributed by atoms with van der Waals surface area (Å²) in [6.45, 7) is 6.70. The van der Waals surface area contributed by atoms with E-state index in [4.69, 9.17) is 4.74 Å². The van der Waals surface area contributed by atoms with E-state index < -0.39 is 6.04 Å². The van der Waals surface area contributed by atoms with E-state index in [0.29, 0.717) is 25.3 Å². The van der Waals surface area contributed by atoms with E-state index in [9.17, 15) is 9.59 Å². The van der Waals surface area contributed by atoms with Gasteiger partial charge in [-0.2, -0.15) is 0 Å². The molecule has 6 heteroatoms. The lowest BCUT2D eigenvalue weighted by atomic mass is 10.0. The molecule has 0 heterocycles. The number of rotatable bonds is 11. The van der Waals surface area contributed by atoms with Crippen LogP contribution in [0.1, 0.15) is 35.6 Å². The van der Waals surface area contributed by atoms with Gasteiger partial charge < -0.3 is 15.0 Å². The molecule has 0 saturated heterocycles. The summed E-state index contributed by atoms with van der Waals surface area (Å²) < 4.78 is 6.82. The number of hydrogen-bond acceptors (Lipinski definition) is 3. The Labute approximate surface area is 216 Å². The summed E-state index contributed by atoms with van der Waals surface area (Å²) in [6.07, 6.45) is 1.24. The van der Waals surface area contributed by atoms with Gasteiger partial charge in [-0.1, -0.05) is 71.4 Å². The Bertz CT molecular complexity index is 1110.